The van der Waals surface area contributed by atoms with Crippen molar-refractivity contribution < 1.29 is 8.42 Å². The highest BCUT2D eigenvalue weighted by Gasteiger charge is 2.31. The lowest BCUT2D eigenvalue weighted by atomic mass is 9.98. The van der Waals surface area contributed by atoms with Crippen LogP contribution >= 0.6 is 0 Å². The Bertz CT molecular complexity index is 808. The number of hydrogen-bond acceptors (Lipinski definition) is 3. The average Bonchev–Trinajstić information content (AvgIpc) is 3.45. The molecule has 25 heavy (non-hydrogen) atoms. The lowest BCUT2D eigenvalue weighted by Gasteiger charge is -2.20. The fourth-order valence-corrected chi connectivity index (χ4v) is 4.09. The van der Waals surface area contributed by atoms with Crippen molar-refractivity contribution in [3.05, 3.63) is 65.2 Å². The van der Waals surface area contributed by atoms with E-state index in [4.69, 9.17) is 0 Å². The van der Waals surface area contributed by atoms with Gasteiger partial charge < -0.3 is 5.32 Å². The van der Waals surface area contributed by atoms with Gasteiger partial charge in [0.05, 0.1) is 10.6 Å². The molecule has 4 heteroatoms. The Morgan fingerprint density at radius 2 is 1.76 bits per heavy atom. The molecule has 2 aromatic rings. The predicted octanol–water partition coefficient (Wildman–Crippen LogP) is 3.90. The van der Waals surface area contributed by atoms with E-state index in [9.17, 15) is 8.42 Å². The summed E-state index contributed by atoms with van der Waals surface area (Å²) in [5.41, 5.74) is 3.89. The lowest BCUT2D eigenvalue weighted by molar-refractivity contribution is 0.458. The molecule has 0 amide bonds. The van der Waals surface area contributed by atoms with Gasteiger partial charge in [-0.15, -0.1) is 0 Å². The molecule has 1 N–H and O–H groups in total. The van der Waals surface area contributed by atoms with Gasteiger partial charge in [0.1, 0.15) is 0 Å². The van der Waals surface area contributed by atoms with Gasteiger partial charge in [-0.05, 0) is 60.9 Å². The van der Waals surface area contributed by atoms with Gasteiger partial charge in [0.15, 0.2) is 9.84 Å². The minimum Gasteiger partial charge on any atom is -0.309 e. The Hall–Kier alpha value is -1.65. The van der Waals surface area contributed by atoms with E-state index in [0.717, 1.165) is 24.4 Å². The highest BCUT2D eigenvalue weighted by molar-refractivity contribution is 7.91. The van der Waals surface area contributed by atoms with E-state index in [1.165, 1.54) is 24.0 Å². The van der Waals surface area contributed by atoms with E-state index in [0.29, 0.717) is 10.9 Å². The monoisotopic (exact) mass is 357 g/mol. The zero-order chi connectivity index (χ0) is 17.9. The summed E-state index contributed by atoms with van der Waals surface area (Å²) >= 11 is 0. The third kappa shape index (κ3) is 4.71. The topological polar surface area (TPSA) is 46.2 Å². The summed E-state index contributed by atoms with van der Waals surface area (Å²) < 4.78 is 23.8. The van der Waals surface area contributed by atoms with Crippen LogP contribution in [0, 0.1) is 12.8 Å². The van der Waals surface area contributed by atoms with Crippen molar-refractivity contribution in [1.29, 1.82) is 0 Å². The highest BCUT2D eigenvalue weighted by atomic mass is 32.2. The van der Waals surface area contributed by atoms with Crippen LogP contribution < -0.4 is 5.32 Å². The third-order valence-electron chi connectivity index (χ3n) is 5.12. The Balaban J connectivity index is 1.63. The lowest BCUT2D eigenvalue weighted by Crippen LogP contribution is -2.33. The van der Waals surface area contributed by atoms with Gasteiger partial charge in [0.2, 0.25) is 0 Å². The fraction of sp³-hybridized carbons (Fsp3) is 0.429. The average molecular weight is 358 g/mol. The summed E-state index contributed by atoms with van der Waals surface area (Å²) in [5, 5.41) is 3.70. The number of nitrogens with one attached hydrogen (secondary N) is 1. The summed E-state index contributed by atoms with van der Waals surface area (Å²) in [6.45, 7) is 4.63. The van der Waals surface area contributed by atoms with E-state index < -0.39 is 9.84 Å². The van der Waals surface area contributed by atoms with E-state index in [1.54, 1.807) is 19.1 Å². The standard InChI is InChI=1S/C21H27NO2S/c1-3-25(23,24)20-12-8-17(9-13-20)15-22-21(18-10-11-18)14-19-7-5-4-6-16(19)2/h4-9,12-13,18,21-22H,3,10-11,14-15H2,1-2H3. The van der Waals surface area contributed by atoms with Crippen LogP contribution in [0.15, 0.2) is 53.4 Å². The zero-order valence-corrected chi connectivity index (χ0v) is 15.9. The second-order valence-corrected chi connectivity index (χ2v) is 9.28. The molecule has 1 fully saturated rings. The van der Waals surface area contributed by atoms with Crippen LogP contribution in [0.1, 0.15) is 36.5 Å². The molecule has 2 aromatic carbocycles. The number of aryl methyl sites for hydroxylation is 1. The van der Waals surface area contributed by atoms with Gasteiger partial charge in [-0.3, -0.25) is 0 Å². The number of hydrogen-bond donors (Lipinski definition) is 1. The molecule has 1 aliphatic carbocycles. The van der Waals surface area contributed by atoms with Crippen LogP contribution in [0.4, 0.5) is 0 Å². The number of benzene rings is 2. The molecule has 0 radical (unpaired) electrons. The molecule has 0 spiro atoms. The molecule has 0 aromatic heterocycles. The third-order valence-corrected chi connectivity index (χ3v) is 6.87. The first-order chi connectivity index (χ1) is 12.0. The molecule has 1 aliphatic rings. The van der Waals surface area contributed by atoms with Crippen LogP contribution in [0.25, 0.3) is 0 Å². The van der Waals surface area contributed by atoms with Crippen LogP contribution in [0.3, 0.4) is 0 Å². The molecule has 0 aliphatic heterocycles. The van der Waals surface area contributed by atoms with Crippen LogP contribution in [-0.4, -0.2) is 20.2 Å². The molecule has 3 rings (SSSR count). The van der Waals surface area contributed by atoms with Gasteiger partial charge >= 0.3 is 0 Å². The molecule has 0 bridgehead atoms. The Labute approximate surface area is 151 Å². The molecule has 0 saturated heterocycles. The van der Waals surface area contributed by atoms with Crippen molar-refractivity contribution in [2.75, 3.05) is 5.75 Å². The van der Waals surface area contributed by atoms with Crippen LogP contribution in [0.2, 0.25) is 0 Å². The quantitative estimate of drug-likeness (QED) is 0.779. The summed E-state index contributed by atoms with van der Waals surface area (Å²) in [5.74, 6) is 0.907. The maximum atomic E-state index is 11.9. The highest BCUT2D eigenvalue weighted by Crippen LogP contribution is 2.34. The van der Waals surface area contributed by atoms with Crippen molar-refractivity contribution >= 4 is 9.84 Å². The largest absolute Gasteiger partial charge is 0.309 e. The maximum absolute atomic E-state index is 11.9. The van der Waals surface area contributed by atoms with Crippen molar-refractivity contribution in [2.24, 2.45) is 5.92 Å². The molecule has 1 unspecified atom stereocenters. The number of sulfone groups is 1. The second kappa shape index (κ2) is 7.71. The minimum atomic E-state index is -3.12. The molecular weight excluding hydrogens is 330 g/mol. The van der Waals surface area contributed by atoms with Crippen LogP contribution in [0.5, 0.6) is 0 Å². The van der Waals surface area contributed by atoms with Gasteiger partial charge in [-0.25, -0.2) is 8.42 Å². The van der Waals surface area contributed by atoms with Crippen LogP contribution in [-0.2, 0) is 22.8 Å². The van der Waals surface area contributed by atoms with E-state index >= 15 is 0 Å². The summed E-state index contributed by atoms with van der Waals surface area (Å²) in [4.78, 5) is 0.414. The summed E-state index contributed by atoms with van der Waals surface area (Å²) in [6, 6.07) is 16.4. The first-order valence-electron chi connectivity index (χ1n) is 9.09. The van der Waals surface area contributed by atoms with Crippen molar-refractivity contribution in [2.45, 2.75) is 50.6 Å². The van der Waals surface area contributed by atoms with Crippen molar-refractivity contribution in [3.63, 3.8) is 0 Å². The summed E-state index contributed by atoms with van der Waals surface area (Å²) in [6.07, 6.45) is 3.66. The maximum Gasteiger partial charge on any atom is 0.178 e. The van der Waals surface area contributed by atoms with E-state index in [1.807, 2.05) is 12.1 Å². The first-order valence-corrected chi connectivity index (χ1v) is 10.7. The first kappa shape index (κ1) is 18.2. The fourth-order valence-electron chi connectivity index (χ4n) is 3.21. The molecule has 1 atom stereocenters. The van der Waals surface area contributed by atoms with Crippen molar-refractivity contribution in [1.82, 2.24) is 5.32 Å². The summed E-state index contributed by atoms with van der Waals surface area (Å²) in [7, 11) is -3.12. The Kier molecular flexibility index (Phi) is 5.60. The van der Waals surface area contributed by atoms with E-state index in [-0.39, 0.29) is 5.75 Å². The van der Waals surface area contributed by atoms with Gasteiger partial charge in [0.25, 0.3) is 0 Å². The Morgan fingerprint density at radius 3 is 2.36 bits per heavy atom. The SMILES string of the molecule is CCS(=O)(=O)c1ccc(CNC(Cc2ccccc2C)C2CC2)cc1. The molecule has 134 valence electrons. The number of rotatable bonds is 8. The Morgan fingerprint density at radius 1 is 1.08 bits per heavy atom. The normalized spacial score (nSPS) is 15.9. The molecule has 3 nitrogen and oxygen atoms in total. The van der Waals surface area contributed by atoms with Gasteiger partial charge in [0, 0.05) is 12.6 Å². The minimum absolute atomic E-state index is 0.144. The van der Waals surface area contributed by atoms with E-state index in [2.05, 4.69) is 36.5 Å². The second-order valence-electron chi connectivity index (χ2n) is 7.00. The molecule has 0 heterocycles. The zero-order valence-electron chi connectivity index (χ0n) is 15.0. The van der Waals surface area contributed by atoms with Gasteiger partial charge in [-0.2, -0.15) is 0 Å². The molecule has 1 saturated carbocycles. The van der Waals surface area contributed by atoms with Gasteiger partial charge in [-0.1, -0.05) is 43.3 Å². The molecular formula is C21H27NO2S. The smallest absolute Gasteiger partial charge is 0.178 e. The predicted molar refractivity (Wildman–Crippen MR) is 102 cm³/mol. The van der Waals surface area contributed by atoms with Crippen molar-refractivity contribution in [3.8, 4) is 0 Å².